The van der Waals surface area contributed by atoms with Gasteiger partial charge in [0, 0.05) is 6.54 Å². The van der Waals surface area contributed by atoms with Crippen LogP contribution in [0.3, 0.4) is 0 Å². The number of ether oxygens (including phenoxy) is 1. The van der Waals surface area contributed by atoms with Gasteiger partial charge in [0.2, 0.25) is 0 Å². The number of nitrogens with one attached hydrogen (secondary N) is 1. The van der Waals surface area contributed by atoms with Gasteiger partial charge in [-0.3, -0.25) is 0 Å². The van der Waals surface area contributed by atoms with Crippen LogP contribution in [0.25, 0.3) is 11.1 Å². The SMILES string of the molecule is CC(C)(C)OC(=O)NCCc1ccc(-c2ccccc2C#N)cc1. The first-order valence-electron chi connectivity index (χ1n) is 7.94. The van der Waals surface area contributed by atoms with Crippen LogP contribution in [0.15, 0.2) is 48.5 Å². The van der Waals surface area contributed by atoms with Crippen LogP contribution >= 0.6 is 0 Å². The van der Waals surface area contributed by atoms with Crippen molar-refractivity contribution in [2.75, 3.05) is 6.54 Å². The van der Waals surface area contributed by atoms with E-state index in [1.807, 2.05) is 69.3 Å². The number of carbonyl (C=O) groups excluding carboxylic acids is 1. The van der Waals surface area contributed by atoms with Gasteiger partial charge in [-0.2, -0.15) is 5.26 Å². The Kier molecular flexibility index (Phi) is 5.59. The van der Waals surface area contributed by atoms with Crippen molar-refractivity contribution in [3.63, 3.8) is 0 Å². The van der Waals surface area contributed by atoms with E-state index in [9.17, 15) is 10.1 Å². The number of hydrogen-bond acceptors (Lipinski definition) is 3. The van der Waals surface area contributed by atoms with Gasteiger partial charge in [-0.1, -0.05) is 42.5 Å². The molecule has 24 heavy (non-hydrogen) atoms. The van der Waals surface area contributed by atoms with Crippen molar-refractivity contribution < 1.29 is 9.53 Å². The molecule has 0 aliphatic heterocycles. The average molecular weight is 322 g/mol. The number of nitrogens with zero attached hydrogens (tertiary/aromatic N) is 1. The molecule has 0 aliphatic rings. The minimum atomic E-state index is -0.486. The molecule has 0 unspecified atom stereocenters. The molecule has 1 amide bonds. The second kappa shape index (κ2) is 7.65. The fraction of sp³-hybridized carbons (Fsp3) is 0.300. The van der Waals surface area contributed by atoms with Gasteiger partial charge in [-0.05, 0) is 49.9 Å². The van der Waals surface area contributed by atoms with E-state index in [-0.39, 0.29) is 0 Å². The highest BCUT2D eigenvalue weighted by Crippen LogP contribution is 2.23. The third kappa shape index (κ3) is 5.13. The zero-order chi connectivity index (χ0) is 17.6. The average Bonchev–Trinajstić information content (AvgIpc) is 2.54. The molecule has 2 aromatic rings. The Hall–Kier alpha value is -2.80. The monoisotopic (exact) mass is 322 g/mol. The molecule has 0 radical (unpaired) electrons. The molecule has 0 bridgehead atoms. The van der Waals surface area contributed by atoms with Gasteiger partial charge in [0.25, 0.3) is 0 Å². The standard InChI is InChI=1S/C20H22N2O2/c1-20(2,3)24-19(23)22-13-12-15-8-10-16(11-9-15)18-7-5-4-6-17(18)14-21/h4-11H,12-13H2,1-3H3,(H,22,23). The molecule has 124 valence electrons. The predicted octanol–water partition coefficient (Wildman–Crippen LogP) is 4.29. The minimum Gasteiger partial charge on any atom is -0.444 e. The maximum atomic E-state index is 11.6. The van der Waals surface area contributed by atoms with Crippen molar-refractivity contribution in [2.45, 2.75) is 32.8 Å². The van der Waals surface area contributed by atoms with Crippen molar-refractivity contribution in [3.05, 3.63) is 59.7 Å². The van der Waals surface area contributed by atoms with E-state index in [4.69, 9.17) is 4.74 Å². The topological polar surface area (TPSA) is 62.1 Å². The Balaban J connectivity index is 1.93. The van der Waals surface area contributed by atoms with E-state index < -0.39 is 11.7 Å². The summed E-state index contributed by atoms with van der Waals surface area (Å²) in [5.41, 5.74) is 3.23. The van der Waals surface area contributed by atoms with Crippen LogP contribution in [0.2, 0.25) is 0 Å². The summed E-state index contributed by atoms with van der Waals surface area (Å²) in [6, 6.07) is 17.8. The van der Waals surface area contributed by atoms with Gasteiger partial charge in [0.1, 0.15) is 5.60 Å². The number of hydrogen-bond donors (Lipinski definition) is 1. The summed E-state index contributed by atoms with van der Waals surface area (Å²) in [5.74, 6) is 0. The lowest BCUT2D eigenvalue weighted by atomic mass is 9.99. The van der Waals surface area contributed by atoms with Gasteiger partial charge in [-0.25, -0.2) is 4.79 Å². The number of alkyl carbamates (subject to hydrolysis) is 1. The first-order valence-corrected chi connectivity index (χ1v) is 7.94. The Bertz CT molecular complexity index is 737. The Morgan fingerprint density at radius 3 is 2.42 bits per heavy atom. The molecule has 0 aromatic heterocycles. The van der Waals surface area contributed by atoms with E-state index in [1.165, 1.54) is 0 Å². The molecule has 1 N–H and O–H groups in total. The van der Waals surface area contributed by atoms with Gasteiger partial charge >= 0.3 is 6.09 Å². The normalized spacial score (nSPS) is 10.8. The van der Waals surface area contributed by atoms with Crippen LogP contribution in [0, 0.1) is 11.3 Å². The molecule has 2 rings (SSSR count). The maximum absolute atomic E-state index is 11.6. The minimum absolute atomic E-state index is 0.401. The molecule has 0 heterocycles. The summed E-state index contributed by atoms with van der Waals surface area (Å²) < 4.78 is 5.20. The van der Waals surface area contributed by atoms with Crippen molar-refractivity contribution in [1.29, 1.82) is 5.26 Å². The first-order chi connectivity index (χ1) is 11.4. The largest absolute Gasteiger partial charge is 0.444 e. The molecule has 0 saturated carbocycles. The summed E-state index contributed by atoms with van der Waals surface area (Å²) >= 11 is 0. The molecule has 0 atom stereocenters. The molecule has 4 nitrogen and oxygen atoms in total. The van der Waals surface area contributed by atoms with Gasteiger partial charge in [-0.15, -0.1) is 0 Å². The highest BCUT2D eigenvalue weighted by molar-refractivity contribution is 5.70. The van der Waals surface area contributed by atoms with E-state index in [0.29, 0.717) is 12.1 Å². The van der Waals surface area contributed by atoms with Crippen LogP contribution < -0.4 is 5.32 Å². The molecular formula is C20H22N2O2. The van der Waals surface area contributed by atoms with Crippen LogP contribution in [0.4, 0.5) is 4.79 Å². The third-order valence-corrected chi connectivity index (χ3v) is 3.39. The lowest BCUT2D eigenvalue weighted by Crippen LogP contribution is -2.33. The second-order valence-corrected chi connectivity index (χ2v) is 6.53. The number of rotatable bonds is 4. The third-order valence-electron chi connectivity index (χ3n) is 3.39. The van der Waals surface area contributed by atoms with Crippen LogP contribution in [-0.4, -0.2) is 18.2 Å². The fourth-order valence-electron chi connectivity index (χ4n) is 2.31. The molecule has 4 heteroatoms. The van der Waals surface area contributed by atoms with E-state index in [2.05, 4.69) is 11.4 Å². The number of carbonyl (C=O) groups is 1. The van der Waals surface area contributed by atoms with Crippen LogP contribution in [0.5, 0.6) is 0 Å². The second-order valence-electron chi connectivity index (χ2n) is 6.53. The van der Waals surface area contributed by atoms with E-state index in [1.54, 1.807) is 0 Å². The van der Waals surface area contributed by atoms with Crippen molar-refractivity contribution in [1.82, 2.24) is 5.32 Å². The lowest BCUT2D eigenvalue weighted by molar-refractivity contribution is 0.0528. The van der Waals surface area contributed by atoms with E-state index in [0.717, 1.165) is 23.1 Å². The van der Waals surface area contributed by atoms with E-state index >= 15 is 0 Å². The molecule has 0 spiro atoms. The number of nitriles is 1. The predicted molar refractivity (Wildman–Crippen MR) is 94.5 cm³/mol. The van der Waals surface area contributed by atoms with Crippen molar-refractivity contribution in [3.8, 4) is 17.2 Å². The van der Waals surface area contributed by atoms with Crippen molar-refractivity contribution in [2.24, 2.45) is 0 Å². The summed E-state index contributed by atoms with van der Waals surface area (Å²) in [6.07, 6.45) is 0.321. The Morgan fingerprint density at radius 1 is 1.12 bits per heavy atom. The van der Waals surface area contributed by atoms with Crippen LogP contribution in [-0.2, 0) is 11.2 Å². The molecular weight excluding hydrogens is 300 g/mol. The molecule has 0 saturated heterocycles. The molecule has 2 aromatic carbocycles. The summed E-state index contributed by atoms with van der Waals surface area (Å²) in [5, 5.41) is 11.9. The van der Waals surface area contributed by atoms with Gasteiger partial charge in [0.15, 0.2) is 0 Å². The smallest absolute Gasteiger partial charge is 0.407 e. The number of benzene rings is 2. The highest BCUT2D eigenvalue weighted by Gasteiger charge is 2.15. The Labute approximate surface area is 143 Å². The Morgan fingerprint density at radius 2 is 1.79 bits per heavy atom. The zero-order valence-electron chi connectivity index (χ0n) is 14.3. The summed E-state index contributed by atoms with van der Waals surface area (Å²) in [7, 11) is 0. The molecule has 0 aliphatic carbocycles. The molecule has 0 fully saturated rings. The van der Waals surface area contributed by atoms with Gasteiger partial charge < -0.3 is 10.1 Å². The zero-order valence-corrected chi connectivity index (χ0v) is 14.3. The summed E-state index contributed by atoms with van der Waals surface area (Å²) in [6.45, 7) is 6.03. The lowest BCUT2D eigenvalue weighted by Gasteiger charge is -2.19. The van der Waals surface area contributed by atoms with Crippen molar-refractivity contribution >= 4 is 6.09 Å². The van der Waals surface area contributed by atoms with Gasteiger partial charge in [0.05, 0.1) is 11.6 Å². The fourth-order valence-corrected chi connectivity index (χ4v) is 2.31. The summed E-state index contributed by atoms with van der Waals surface area (Å²) in [4.78, 5) is 11.6. The first kappa shape index (κ1) is 17.6. The van der Waals surface area contributed by atoms with Crippen LogP contribution in [0.1, 0.15) is 31.9 Å². The quantitative estimate of drug-likeness (QED) is 0.913. The maximum Gasteiger partial charge on any atom is 0.407 e. The number of amides is 1. The highest BCUT2D eigenvalue weighted by atomic mass is 16.6.